The summed E-state index contributed by atoms with van der Waals surface area (Å²) in [6.07, 6.45) is 0. The number of nitrogens with zero attached hydrogens (tertiary/aromatic N) is 1. The van der Waals surface area contributed by atoms with Gasteiger partial charge in [0, 0.05) is 18.3 Å². The summed E-state index contributed by atoms with van der Waals surface area (Å²) in [6.45, 7) is 5.81. The van der Waals surface area contributed by atoms with Gasteiger partial charge in [0.15, 0.2) is 11.5 Å². The molecule has 1 amide bonds. The van der Waals surface area contributed by atoms with E-state index in [1.54, 1.807) is 0 Å². The summed E-state index contributed by atoms with van der Waals surface area (Å²) < 4.78 is 5.55. The zero-order valence-electron chi connectivity index (χ0n) is 16.7. The Bertz CT molecular complexity index is 1170. The molecule has 0 aliphatic carbocycles. The summed E-state index contributed by atoms with van der Waals surface area (Å²) in [5.41, 5.74) is 6.11. The second-order valence-electron chi connectivity index (χ2n) is 7.21. The Hall–Kier alpha value is -3.60. The lowest BCUT2D eigenvalue weighted by Gasteiger charge is -2.21. The Labute approximate surface area is 169 Å². The van der Waals surface area contributed by atoms with Gasteiger partial charge in [-0.3, -0.25) is 4.79 Å². The van der Waals surface area contributed by atoms with Gasteiger partial charge in [0.05, 0.1) is 0 Å². The van der Waals surface area contributed by atoms with Gasteiger partial charge >= 0.3 is 0 Å². The van der Waals surface area contributed by atoms with Crippen molar-refractivity contribution < 1.29 is 9.21 Å². The Morgan fingerprint density at radius 3 is 2.55 bits per heavy atom. The SMILES string of the molecule is Cc1ccc(C)c(NC(=O)C(Nc2ccc3oc(C)nc3c2)c2ccccc2)c1. The summed E-state index contributed by atoms with van der Waals surface area (Å²) in [5.74, 6) is 0.491. The first kappa shape index (κ1) is 18.7. The van der Waals surface area contributed by atoms with Crippen molar-refractivity contribution in [1.82, 2.24) is 4.98 Å². The lowest BCUT2D eigenvalue weighted by molar-refractivity contribution is -0.117. The predicted molar refractivity (Wildman–Crippen MR) is 116 cm³/mol. The average molecular weight is 385 g/mol. The molecule has 1 aromatic heterocycles. The number of benzene rings is 3. The van der Waals surface area contributed by atoms with Gasteiger partial charge in [-0.25, -0.2) is 4.98 Å². The molecule has 0 spiro atoms. The van der Waals surface area contributed by atoms with Crippen LogP contribution in [0.1, 0.15) is 28.6 Å². The fraction of sp³-hybridized carbons (Fsp3) is 0.167. The number of nitrogens with one attached hydrogen (secondary N) is 2. The molecular weight excluding hydrogens is 362 g/mol. The number of carbonyl (C=O) groups excluding carboxylic acids is 1. The van der Waals surface area contributed by atoms with Crippen LogP contribution in [-0.4, -0.2) is 10.9 Å². The van der Waals surface area contributed by atoms with Gasteiger partial charge < -0.3 is 15.1 Å². The molecule has 1 heterocycles. The summed E-state index contributed by atoms with van der Waals surface area (Å²) >= 11 is 0. The van der Waals surface area contributed by atoms with Crippen LogP contribution in [0.15, 0.2) is 71.1 Å². The summed E-state index contributed by atoms with van der Waals surface area (Å²) in [7, 11) is 0. The van der Waals surface area contributed by atoms with Crippen LogP contribution in [0, 0.1) is 20.8 Å². The number of aromatic nitrogens is 1. The van der Waals surface area contributed by atoms with E-state index in [4.69, 9.17) is 4.42 Å². The number of rotatable bonds is 5. The average Bonchev–Trinajstić information content (AvgIpc) is 3.08. The molecule has 0 saturated carbocycles. The van der Waals surface area contributed by atoms with Crippen LogP contribution in [-0.2, 0) is 4.79 Å². The first-order chi connectivity index (χ1) is 14.0. The minimum absolute atomic E-state index is 0.124. The van der Waals surface area contributed by atoms with E-state index in [1.807, 2.05) is 87.5 Å². The van der Waals surface area contributed by atoms with E-state index in [2.05, 4.69) is 15.6 Å². The summed E-state index contributed by atoms with van der Waals surface area (Å²) in [4.78, 5) is 17.6. The molecule has 1 atom stereocenters. The molecule has 4 aromatic rings. The van der Waals surface area contributed by atoms with Crippen molar-refractivity contribution in [3.05, 3.63) is 89.3 Å². The second kappa shape index (κ2) is 7.80. The smallest absolute Gasteiger partial charge is 0.251 e. The Kier molecular flexibility index (Phi) is 5.04. The number of oxazole rings is 1. The number of anilines is 2. The minimum atomic E-state index is -0.554. The molecule has 0 radical (unpaired) electrons. The molecule has 0 bridgehead atoms. The molecule has 3 aromatic carbocycles. The standard InChI is InChI=1S/C24H23N3O2/c1-15-9-10-16(2)20(13-15)27-24(28)23(18-7-5-4-6-8-18)26-19-11-12-22-21(14-19)25-17(3)29-22/h4-14,23,26H,1-3H3,(H,27,28). The van der Waals surface area contributed by atoms with Gasteiger partial charge in [0.1, 0.15) is 11.6 Å². The van der Waals surface area contributed by atoms with E-state index in [9.17, 15) is 4.79 Å². The van der Waals surface area contributed by atoms with Gasteiger partial charge in [-0.2, -0.15) is 0 Å². The second-order valence-corrected chi connectivity index (χ2v) is 7.21. The Morgan fingerprint density at radius 1 is 0.966 bits per heavy atom. The lowest BCUT2D eigenvalue weighted by atomic mass is 10.0. The molecule has 0 aliphatic rings. The van der Waals surface area contributed by atoms with E-state index >= 15 is 0 Å². The highest BCUT2D eigenvalue weighted by atomic mass is 16.3. The summed E-state index contributed by atoms with van der Waals surface area (Å²) in [6, 6.07) is 20.8. The largest absolute Gasteiger partial charge is 0.441 e. The topological polar surface area (TPSA) is 67.2 Å². The maximum Gasteiger partial charge on any atom is 0.251 e. The number of fused-ring (bicyclic) bond motifs is 1. The third kappa shape index (κ3) is 4.14. The van der Waals surface area contributed by atoms with Gasteiger partial charge in [-0.15, -0.1) is 0 Å². The first-order valence-corrected chi connectivity index (χ1v) is 9.56. The van der Waals surface area contributed by atoms with Crippen molar-refractivity contribution in [1.29, 1.82) is 0 Å². The molecule has 5 nitrogen and oxygen atoms in total. The van der Waals surface area contributed by atoms with Crippen molar-refractivity contribution >= 4 is 28.4 Å². The van der Waals surface area contributed by atoms with Crippen molar-refractivity contribution in [3.63, 3.8) is 0 Å². The van der Waals surface area contributed by atoms with Gasteiger partial charge in [-0.1, -0.05) is 42.5 Å². The maximum absolute atomic E-state index is 13.2. The van der Waals surface area contributed by atoms with E-state index in [0.717, 1.165) is 39.2 Å². The summed E-state index contributed by atoms with van der Waals surface area (Å²) in [5, 5.41) is 6.43. The lowest BCUT2D eigenvalue weighted by Crippen LogP contribution is -2.27. The van der Waals surface area contributed by atoms with Crippen LogP contribution in [0.4, 0.5) is 11.4 Å². The van der Waals surface area contributed by atoms with Gasteiger partial charge in [0.25, 0.3) is 5.91 Å². The maximum atomic E-state index is 13.2. The highest BCUT2D eigenvalue weighted by Gasteiger charge is 2.21. The quantitative estimate of drug-likeness (QED) is 0.473. The number of hydrogen-bond acceptors (Lipinski definition) is 4. The third-order valence-electron chi connectivity index (χ3n) is 4.85. The van der Waals surface area contributed by atoms with Gasteiger partial charge in [0.2, 0.25) is 0 Å². The highest BCUT2D eigenvalue weighted by molar-refractivity contribution is 5.98. The molecule has 5 heteroatoms. The monoisotopic (exact) mass is 385 g/mol. The fourth-order valence-electron chi connectivity index (χ4n) is 3.32. The van der Waals surface area contributed by atoms with Crippen LogP contribution in [0.2, 0.25) is 0 Å². The van der Waals surface area contributed by atoms with Crippen LogP contribution < -0.4 is 10.6 Å². The molecule has 4 rings (SSSR count). The molecule has 146 valence electrons. The number of carbonyl (C=O) groups is 1. The molecule has 1 unspecified atom stereocenters. The zero-order valence-corrected chi connectivity index (χ0v) is 16.7. The molecular formula is C24H23N3O2. The molecule has 2 N–H and O–H groups in total. The molecule has 0 saturated heterocycles. The fourth-order valence-corrected chi connectivity index (χ4v) is 3.32. The first-order valence-electron chi connectivity index (χ1n) is 9.56. The molecule has 0 aliphatic heterocycles. The van der Waals surface area contributed by atoms with Crippen molar-refractivity contribution in [2.75, 3.05) is 10.6 Å². The number of hydrogen-bond donors (Lipinski definition) is 2. The van der Waals surface area contributed by atoms with Crippen LogP contribution in [0.25, 0.3) is 11.1 Å². The predicted octanol–water partition coefficient (Wildman–Crippen LogP) is 5.54. The van der Waals surface area contributed by atoms with Gasteiger partial charge in [-0.05, 0) is 54.8 Å². The zero-order chi connectivity index (χ0) is 20.4. The normalized spacial score (nSPS) is 12.0. The Morgan fingerprint density at radius 2 is 1.76 bits per heavy atom. The van der Waals surface area contributed by atoms with Crippen molar-refractivity contribution in [3.8, 4) is 0 Å². The molecule has 0 fully saturated rings. The van der Waals surface area contributed by atoms with Crippen LogP contribution in [0.3, 0.4) is 0 Å². The van der Waals surface area contributed by atoms with Crippen LogP contribution in [0.5, 0.6) is 0 Å². The number of aryl methyl sites for hydroxylation is 3. The third-order valence-corrected chi connectivity index (χ3v) is 4.85. The highest BCUT2D eigenvalue weighted by Crippen LogP contribution is 2.26. The van der Waals surface area contributed by atoms with E-state index in [0.29, 0.717) is 5.89 Å². The minimum Gasteiger partial charge on any atom is -0.441 e. The van der Waals surface area contributed by atoms with E-state index in [-0.39, 0.29) is 5.91 Å². The van der Waals surface area contributed by atoms with Crippen LogP contribution >= 0.6 is 0 Å². The van der Waals surface area contributed by atoms with E-state index in [1.165, 1.54) is 0 Å². The number of amides is 1. The Balaban J connectivity index is 1.65. The van der Waals surface area contributed by atoms with Crippen molar-refractivity contribution in [2.24, 2.45) is 0 Å². The van der Waals surface area contributed by atoms with Crippen molar-refractivity contribution in [2.45, 2.75) is 26.8 Å². The molecule has 29 heavy (non-hydrogen) atoms. The van der Waals surface area contributed by atoms with E-state index < -0.39 is 6.04 Å².